The lowest BCUT2D eigenvalue weighted by molar-refractivity contribution is -0.389. The highest BCUT2D eigenvalue weighted by molar-refractivity contribution is 7.15. The Morgan fingerprint density at radius 2 is 1.97 bits per heavy atom. The number of imidazole rings is 1. The number of benzene rings is 1. The molecule has 1 aliphatic heterocycles. The number of nitrogens with zero attached hydrogens (tertiary/aromatic N) is 6. The number of nitro groups is 1. The zero-order valence-electron chi connectivity index (χ0n) is 15.3. The minimum Gasteiger partial charge on any atom is -0.358 e. The van der Waals surface area contributed by atoms with Gasteiger partial charge in [-0.25, -0.2) is 4.98 Å². The number of anilines is 1. The lowest BCUT2D eigenvalue weighted by atomic mass is 10.2. The predicted molar refractivity (Wildman–Crippen MR) is 110 cm³/mol. The second kappa shape index (κ2) is 6.94. The van der Waals surface area contributed by atoms with Gasteiger partial charge in [0.25, 0.3) is 10.5 Å². The number of nitrogens with one attached hydrogen (secondary N) is 1. The van der Waals surface area contributed by atoms with Crippen LogP contribution in [0.15, 0.2) is 40.6 Å². The number of piperazine rings is 1. The molecule has 0 atom stereocenters. The van der Waals surface area contributed by atoms with E-state index >= 15 is 0 Å². The Labute approximate surface area is 168 Å². The van der Waals surface area contributed by atoms with E-state index in [2.05, 4.69) is 19.9 Å². The van der Waals surface area contributed by atoms with Crippen molar-refractivity contribution >= 4 is 38.8 Å². The Hall–Kier alpha value is -3.31. The van der Waals surface area contributed by atoms with E-state index in [1.54, 1.807) is 17.6 Å². The van der Waals surface area contributed by atoms with Gasteiger partial charge in [0, 0.05) is 31.6 Å². The smallest absolute Gasteiger partial charge is 0.358 e. The molecule has 1 fully saturated rings. The summed E-state index contributed by atoms with van der Waals surface area (Å²) in [5.41, 5.74) is 0.538. The van der Waals surface area contributed by atoms with Crippen molar-refractivity contribution in [1.29, 1.82) is 0 Å². The van der Waals surface area contributed by atoms with E-state index in [1.165, 1.54) is 15.7 Å². The summed E-state index contributed by atoms with van der Waals surface area (Å²) >= 11 is 1.38. The largest absolute Gasteiger partial charge is 0.373 e. The topological polar surface area (TPSA) is 113 Å². The number of hydrogen-bond acceptors (Lipinski definition) is 8. The van der Waals surface area contributed by atoms with E-state index in [9.17, 15) is 14.9 Å². The van der Waals surface area contributed by atoms with Gasteiger partial charge in [-0.1, -0.05) is 23.5 Å². The van der Waals surface area contributed by atoms with Gasteiger partial charge in [0.1, 0.15) is 12.0 Å². The Morgan fingerprint density at radius 1 is 1.17 bits per heavy atom. The lowest BCUT2D eigenvalue weighted by Gasteiger charge is -2.34. The van der Waals surface area contributed by atoms with Gasteiger partial charge < -0.3 is 20.0 Å². The van der Waals surface area contributed by atoms with Crippen molar-refractivity contribution in [1.82, 2.24) is 24.3 Å². The van der Waals surface area contributed by atoms with Crippen LogP contribution in [-0.2, 0) is 6.54 Å². The number of fused-ring (bicyclic) bond motifs is 2. The molecule has 0 aliphatic carbocycles. The van der Waals surface area contributed by atoms with Gasteiger partial charge >= 0.3 is 5.82 Å². The molecule has 0 bridgehead atoms. The SMILES string of the molecule is O=c1[nH]c(CN2CCN(c3nc4sccn4c3[N+](=O)[O-])CC2)nc2ccccc12. The second-order valence-corrected chi connectivity index (χ2v) is 7.74. The van der Waals surface area contributed by atoms with Crippen LogP contribution in [0.1, 0.15) is 5.82 Å². The third-order valence-corrected chi connectivity index (χ3v) is 5.86. The molecule has 10 nitrogen and oxygen atoms in total. The van der Waals surface area contributed by atoms with Gasteiger partial charge in [-0.05, 0) is 17.1 Å². The van der Waals surface area contributed by atoms with Crippen molar-refractivity contribution in [2.24, 2.45) is 0 Å². The maximum atomic E-state index is 12.2. The van der Waals surface area contributed by atoms with Crippen LogP contribution in [0, 0.1) is 10.1 Å². The molecule has 1 aliphatic rings. The zero-order valence-corrected chi connectivity index (χ0v) is 16.1. The molecule has 29 heavy (non-hydrogen) atoms. The van der Waals surface area contributed by atoms with Crippen molar-refractivity contribution in [2.75, 3.05) is 31.1 Å². The summed E-state index contributed by atoms with van der Waals surface area (Å²) in [4.78, 5) is 40.0. The molecule has 0 unspecified atom stereocenters. The fourth-order valence-corrected chi connectivity index (χ4v) is 4.39. The van der Waals surface area contributed by atoms with Crippen molar-refractivity contribution < 1.29 is 4.92 Å². The van der Waals surface area contributed by atoms with Crippen LogP contribution < -0.4 is 10.5 Å². The number of aromatic nitrogens is 4. The summed E-state index contributed by atoms with van der Waals surface area (Å²) in [6.45, 7) is 3.14. The number of para-hydroxylation sites is 1. The number of H-pyrrole nitrogens is 1. The molecule has 1 N–H and O–H groups in total. The van der Waals surface area contributed by atoms with Crippen LogP contribution in [0.2, 0.25) is 0 Å². The minimum atomic E-state index is -0.377. The fraction of sp³-hybridized carbons (Fsp3) is 0.278. The molecular formula is C18H17N7O3S. The van der Waals surface area contributed by atoms with E-state index < -0.39 is 0 Å². The molecular weight excluding hydrogens is 394 g/mol. The van der Waals surface area contributed by atoms with Crippen LogP contribution in [-0.4, -0.2) is 55.4 Å². The van der Waals surface area contributed by atoms with Crippen molar-refractivity contribution in [2.45, 2.75) is 6.54 Å². The normalized spacial score (nSPS) is 15.4. The summed E-state index contributed by atoms with van der Waals surface area (Å²) in [7, 11) is 0. The van der Waals surface area contributed by atoms with E-state index in [-0.39, 0.29) is 16.3 Å². The molecule has 5 rings (SSSR count). The van der Waals surface area contributed by atoms with Crippen LogP contribution in [0.4, 0.5) is 11.6 Å². The first-order valence-electron chi connectivity index (χ1n) is 9.15. The number of hydrogen-bond donors (Lipinski definition) is 1. The van der Waals surface area contributed by atoms with Crippen LogP contribution >= 0.6 is 11.3 Å². The Bertz CT molecular complexity index is 1270. The predicted octanol–water partition coefficient (Wildman–Crippen LogP) is 1.86. The van der Waals surface area contributed by atoms with Crippen LogP contribution in [0.25, 0.3) is 15.9 Å². The number of rotatable bonds is 4. The Morgan fingerprint density at radius 3 is 2.76 bits per heavy atom. The molecule has 1 aromatic carbocycles. The summed E-state index contributed by atoms with van der Waals surface area (Å²) in [6, 6.07) is 7.26. The van der Waals surface area contributed by atoms with Gasteiger partial charge in [-0.15, -0.1) is 0 Å². The highest BCUT2D eigenvalue weighted by Crippen LogP contribution is 2.31. The van der Waals surface area contributed by atoms with E-state index in [0.717, 1.165) is 0 Å². The molecule has 0 saturated carbocycles. The maximum Gasteiger partial charge on any atom is 0.373 e. The van der Waals surface area contributed by atoms with Gasteiger partial charge in [0.05, 0.1) is 17.4 Å². The average Bonchev–Trinajstić information content (AvgIpc) is 3.29. The van der Waals surface area contributed by atoms with E-state index in [0.29, 0.717) is 60.2 Å². The molecule has 11 heteroatoms. The summed E-state index contributed by atoms with van der Waals surface area (Å²) < 4.78 is 1.52. The summed E-state index contributed by atoms with van der Waals surface area (Å²) in [5.74, 6) is 1.05. The van der Waals surface area contributed by atoms with E-state index in [1.807, 2.05) is 23.1 Å². The molecule has 0 spiro atoms. The molecule has 148 valence electrons. The average molecular weight is 411 g/mol. The van der Waals surface area contributed by atoms with Crippen molar-refractivity contribution in [3.05, 3.63) is 62.1 Å². The Kier molecular flexibility index (Phi) is 4.25. The maximum absolute atomic E-state index is 12.2. The molecule has 3 aromatic heterocycles. The summed E-state index contributed by atoms with van der Waals surface area (Å²) in [6.07, 6.45) is 1.67. The van der Waals surface area contributed by atoms with Gasteiger partial charge in [0.2, 0.25) is 5.82 Å². The van der Waals surface area contributed by atoms with E-state index in [4.69, 9.17) is 0 Å². The molecule has 0 amide bonds. The van der Waals surface area contributed by atoms with Crippen LogP contribution in [0.5, 0.6) is 0 Å². The molecule has 4 heterocycles. The zero-order chi connectivity index (χ0) is 20.0. The third kappa shape index (κ3) is 3.13. The third-order valence-electron chi connectivity index (χ3n) is 5.10. The summed E-state index contributed by atoms with van der Waals surface area (Å²) in [5, 5.41) is 13.9. The first kappa shape index (κ1) is 17.8. The minimum absolute atomic E-state index is 0.00947. The van der Waals surface area contributed by atoms with Gasteiger partial charge in [-0.3, -0.25) is 9.69 Å². The Balaban J connectivity index is 1.32. The molecule has 0 radical (unpaired) electrons. The van der Waals surface area contributed by atoms with Crippen molar-refractivity contribution in [3.8, 4) is 0 Å². The monoisotopic (exact) mass is 411 g/mol. The standard InChI is InChI=1S/C18H17N7O3S/c26-16-12-3-1-2-4-13(12)19-14(20-16)11-22-5-7-23(8-6-22)15-17(25(27)28)24-9-10-29-18(24)21-15/h1-4,9-10H,5-8,11H2,(H,19,20,26). The highest BCUT2D eigenvalue weighted by atomic mass is 32.1. The quantitative estimate of drug-likeness (QED) is 0.403. The second-order valence-electron chi connectivity index (χ2n) is 6.86. The fourth-order valence-electron chi connectivity index (χ4n) is 3.68. The number of aromatic amines is 1. The van der Waals surface area contributed by atoms with Crippen LogP contribution in [0.3, 0.4) is 0 Å². The molecule has 1 saturated heterocycles. The first-order valence-corrected chi connectivity index (χ1v) is 10.0. The van der Waals surface area contributed by atoms with Crippen molar-refractivity contribution in [3.63, 3.8) is 0 Å². The highest BCUT2D eigenvalue weighted by Gasteiger charge is 2.30. The lowest BCUT2D eigenvalue weighted by Crippen LogP contribution is -2.46. The first-order chi connectivity index (χ1) is 14.1. The van der Waals surface area contributed by atoms with Gasteiger partial charge in [0.15, 0.2) is 0 Å². The number of thiazole rings is 1. The molecule has 4 aromatic rings. The van der Waals surface area contributed by atoms with Gasteiger partial charge in [-0.2, -0.15) is 9.38 Å².